The molecule has 2 aliphatic heterocycles. The van der Waals surface area contributed by atoms with Gasteiger partial charge < -0.3 is 10.2 Å². The zero-order chi connectivity index (χ0) is 16.3. The largest absolute Gasteiger partial charge is 0.352 e. The zero-order valence-electron chi connectivity index (χ0n) is 12.3. The lowest BCUT2D eigenvalue weighted by Gasteiger charge is -2.26. The number of rotatable bonds is 4. The number of amidine groups is 1. The van der Waals surface area contributed by atoms with Crippen molar-refractivity contribution in [3.8, 4) is 0 Å². The van der Waals surface area contributed by atoms with Crippen LogP contribution in [0.4, 0.5) is 0 Å². The van der Waals surface area contributed by atoms with Gasteiger partial charge >= 0.3 is 0 Å². The third-order valence-corrected chi connectivity index (χ3v) is 4.67. The highest BCUT2D eigenvalue weighted by Crippen LogP contribution is 2.15. The van der Waals surface area contributed by atoms with Gasteiger partial charge in [0, 0.05) is 31.7 Å². The Bertz CT molecular complexity index is 797. The van der Waals surface area contributed by atoms with Crippen LogP contribution in [0, 0.1) is 0 Å². The molecule has 1 amide bonds. The van der Waals surface area contributed by atoms with E-state index in [1.54, 1.807) is 35.6 Å². The molecule has 0 radical (unpaired) electrons. The molecule has 0 unspecified atom stereocenters. The molecule has 0 aromatic carbocycles. The number of hydrogen-bond acceptors (Lipinski definition) is 5. The molecule has 2 aliphatic rings. The molecule has 23 heavy (non-hydrogen) atoms. The molecular weight excluding hydrogens is 316 g/mol. The Morgan fingerprint density at radius 3 is 3.00 bits per heavy atom. The van der Waals surface area contributed by atoms with Gasteiger partial charge in [-0.05, 0) is 30.2 Å². The number of nitrogens with one attached hydrogen (secondary N) is 1. The average molecular weight is 332 g/mol. The number of carbonyl (C=O) groups excluding carboxylic acids is 1. The van der Waals surface area contributed by atoms with Crippen LogP contribution >= 0.6 is 0 Å². The average Bonchev–Trinajstić information content (AvgIpc) is 2.54. The van der Waals surface area contributed by atoms with E-state index in [1.807, 2.05) is 12.1 Å². The molecule has 7 nitrogen and oxygen atoms in total. The predicted octanol–water partition coefficient (Wildman–Crippen LogP) is 0.238. The van der Waals surface area contributed by atoms with E-state index in [0.29, 0.717) is 30.9 Å². The highest BCUT2D eigenvalue weighted by atomic mass is 32.2. The van der Waals surface area contributed by atoms with Crippen LogP contribution in [0.1, 0.15) is 5.56 Å². The van der Waals surface area contributed by atoms with Crippen LogP contribution in [0.3, 0.4) is 0 Å². The number of hydrogen-bond donors (Lipinski definition) is 1. The molecule has 1 N–H and O–H groups in total. The lowest BCUT2D eigenvalue weighted by molar-refractivity contribution is -0.117. The summed E-state index contributed by atoms with van der Waals surface area (Å²) in [6.45, 7) is 0.809. The number of sulfonamides is 1. The first-order valence-corrected chi connectivity index (χ1v) is 8.81. The molecule has 1 aromatic rings. The van der Waals surface area contributed by atoms with E-state index in [1.165, 1.54) is 0 Å². The van der Waals surface area contributed by atoms with Gasteiger partial charge in [0.2, 0.25) is 0 Å². The van der Waals surface area contributed by atoms with Crippen molar-refractivity contribution in [1.82, 2.24) is 15.2 Å². The molecule has 1 aromatic heterocycles. The van der Waals surface area contributed by atoms with Crippen LogP contribution in [0.15, 0.2) is 52.8 Å². The van der Waals surface area contributed by atoms with E-state index < -0.39 is 10.0 Å². The maximum atomic E-state index is 12.2. The summed E-state index contributed by atoms with van der Waals surface area (Å²) < 4.78 is 26.6. The fourth-order valence-electron chi connectivity index (χ4n) is 2.30. The van der Waals surface area contributed by atoms with Crippen molar-refractivity contribution in [2.45, 2.75) is 6.42 Å². The van der Waals surface area contributed by atoms with Gasteiger partial charge in [-0.3, -0.25) is 9.78 Å². The first-order valence-electron chi connectivity index (χ1n) is 7.20. The van der Waals surface area contributed by atoms with Gasteiger partial charge in [0.15, 0.2) is 0 Å². The topological polar surface area (TPSA) is 91.7 Å². The minimum Gasteiger partial charge on any atom is -0.352 e. The first kappa shape index (κ1) is 15.4. The highest BCUT2D eigenvalue weighted by Gasteiger charge is 2.24. The number of aromatic nitrogens is 1. The van der Waals surface area contributed by atoms with Crippen molar-refractivity contribution in [3.05, 3.63) is 54.0 Å². The van der Waals surface area contributed by atoms with Crippen molar-refractivity contribution < 1.29 is 13.2 Å². The van der Waals surface area contributed by atoms with E-state index in [2.05, 4.69) is 14.7 Å². The Kier molecular flexibility index (Phi) is 4.24. The Morgan fingerprint density at radius 1 is 1.35 bits per heavy atom. The Balaban J connectivity index is 1.59. The smallest absolute Gasteiger partial charge is 0.256 e. The maximum Gasteiger partial charge on any atom is 0.256 e. The quantitative estimate of drug-likeness (QED) is 0.853. The third-order valence-electron chi connectivity index (χ3n) is 3.51. The lowest BCUT2D eigenvalue weighted by Crippen LogP contribution is -2.38. The first-order chi connectivity index (χ1) is 11.0. The van der Waals surface area contributed by atoms with Gasteiger partial charge in [0.25, 0.3) is 15.9 Å². The van der Waals surface area contributed by atoms with Gasteiger partial charge in [0.1, 0.15) is 5.84 Å². The summed E-state index contributed by atoms with van der Waals surface area (Å²) in [6, 6.07) is 3.81. The molecule has 120 valence electrons. The van der Waals surface area contributed by atoms with Gasteiger partial charge in [-0.25, -0.2) is 8.42 Å². The summed E-state index contributed by atoms with van der Waals surface area (Å²) in [7, 11) is -3.38. The SMILES string of the molecule is O=C(NCCc1cccnc1)C1=CN2CCS(=O)(=O)N=C2C=C1. The monoisotopic (exact) mass is 332 g/mol. The molecule has 3 rings (SSSR count). The molecule has 0 spiro atoms. The van der Waals surface area contributed by atoms with Gasteiger partial charge in [0.05, 0.1) is 11.3 Å². The maximum absolute atomic E-state index is 12.2. The molecule has 0 saturated carbocycles. The summed E-state index contributed by atoms with van der Waals surface area (Å²) in [4.78, 5) is 17.9. The van der Waals surface area contributed by atoms with Crippen molar-refractivity contribution in [1.29, 1.82) is 0 Å². The van der Waals surface area contributed by atoms with Crippen molar-refractivity contribution in [2.24, 2.45) is 4.40 Å². The van der Waals surface area contributed by atoms with Gasteiger partial charge in [-0.2, -0.15) is 0 Å². The highest BCUT2D eigenvalue weighted by molar-refractivity contribution is 7.90. The van der Waals surface area contributed by atoms with E-state index >= 15 is 0 Å². The molecule has 3 heterocycles. The van der Waals surface area contributed by atoms with E-state index in [9.17, 15) is 13.2 Å². The lowest BCUT2D eigenvalue weighted by atomic mass is 10.1. The molecule has 0 aliphatic carbocycles. The summed E-state index contributed by atoms with van der Waals surface area (Å²) in [5.41, 5.74) is 1.53. The molecule has 0 atom stereocenters. The van der Waals surface area contributed by atoms with Crippen LogP contribution in [0.5, 0.6) is 0 Å². The van der Waals surface area contributed by atoms with E-state index in [0.717, 1.165) is 5.56 Å². The molecular formula is C15H16N4O3S. The summed E-state index contributed by atoms with van der Waals surface area (Å²) in [6.07, 6.45) is 8.93. The van der Waals surface area contributed by atoms with Gasteiger partial charge in [-0.1, -0.05) is 6.07 Å². The number of fused-ring (bicyclic) bond motifs is 1. The Morgan fingerprint density at radius 2 is 2.22 bits per heavy atom. The summed E-state index contributed by atoms with van der Waals surface area (Å²) >= 11 is 0. The van der Waals surface area contributed by atoms with E-state index in [4.69, 9.17) is 0 Å². The Labute approximate surface area is 134 Å². The second-order valence-electron chi connectivity index (χ2n) is 5.21. The normalized spacial score (nSPS) is 18.7. The fraction of sp³-hybridized carbons (Fsp3) is 0.267. The number of nitrogens with zero attached hydrogens (tertiary/aromatic N) is 3. The standard InChI is InChI=1S/C15H16N4O3S/c20-15(17-7-5-12-2-1-6-16-10-12)13-3-4-14-18-23(21,22)9-8-19(14)11-13/h1-4,6,10-11H,5,7-9H2,(H,17,20). The minimum atomic E-state index is -3.38. The van der Waals surface area contributed by atoms with Crippen LogP contribution in [-0.2, 0) is 21.2 Å². The van der Waals surface area contributed by atoms with Crippen LogP contribution in [-0.4, -0.2) is 48.9 Å². The second-order valence-corrected chi connectivity index (χ2v) is 6.97. The van der Waals surface area contributed by atoms with Crippen molar-refractivity contribution in [2.75, 3.05) is 18.8 Å². The predicted molar refractivity (Wildman–Crippen MR) is 86.1 cm³/mol. The minimum absolute atomic E-state index is 0.0449. The molecule has 8 heteroatoms. The fourth-order valence-corrected chi connectivity index (χ4v) is 3.27. The third kappa shape index (κ3) is 3.84. The number of pyridine rings is 1. The molecule has 0 fully saturated rings. The van der Waals surface area contributed by atoms with Crippen LogP contribution < -0.4 is 5.32 Å². The van der Waals surface area contributed by atoms with Crippen LogP contribution in [0.2, 0.25) is 0 Å². The van der Waals surface area contributed by atoms with Crippen molar-refractivity contribution >= 4 is 21.8 Å². The Hall–Kier alpha value is -2.48. The summed E-state index contributed by atoms with van der Waals surface area (Å²) in [5.74, 6) is 0.109. The zero-order valence-corrected chi connectivity index (χ0v) is 13.2. The molecule has 0 saturated heterocycles. The van der Waals surface area contributed by atoms with Gasteiger partial charge in [-0.15, -0.1) is 4.40 Å². The van der Waals surface area contributed by atoms with Crippen molar-refractivity contribution in [3.63, 3.8) is 0 Å². The number of carbonyl (C=O) groups is 1. The van der Waals surface area contributed by atoms with E-state index in [-0.39, 0.29) is 11.7 Å². The number of amides is 1. The van der Waals surface area contributed by atoms with Crippen LogP contribution in [0.25, 0.3) is 0 Å². The molecule has 0 bridgehead atoms. The second kappa shape index (κ2) is 6.33. The summed E-state index contributed by atoms with van der Waals surface area (Å²) in [5, 5.41) is 2.84.